The molecule has 4 rings (SSSR count). The van der Waals surface area contributed by atoms with Gasteiger partial charge in [-0.15, -0.1) is 0 Å². The SMILES string of the molecule is CCOC(=O)c1ccc2c(c1)sc(=NC(=O)c1ccccc1Oc1ccccc1)n2CC(=O)OC. The van der Waals surface area contributed by atoms with E-state index in [2.05, 4.69) is 4.99 Å². The highest BCUT2D eigenvalue weighted by molar-refractivity contribution is 7.16. The van der Waals surface area contributed by atoms with Crippen LogP contribution >= 0.6 is 11.3 Å². The minimum Gasteiger partial charge on any atom is -0.468 e. The van der Waals surface area contributed by atoms with E-state index in [1.807, 2.05) is 18.2 Å². The number of amides is 1. The third-order valence-electron chi connectivity index (χ3n) is 4.99. The van der Waals surface area contributed by atoms with E-state index in [4.69, 9.17) is 14.2 Å². The zero-order valence-corrected chi connectivity index (χ0v) is 19.9. The summed E-state index contributed by atoms with van der Waals surface area (Å²) in [5.41, 5.74) is 1.27. The maximum atomic E-state index is 13.2. The highest BCUT2D eigenvalue weighted by Crippen LogP contribution is 2.26. The van der Waals surface area contributed by atoms with Crippen molar-refractivity contribution in [2.45, 2.75) is 13.5 Å². The summed E-state index contributed by atoms with van der Waals surface area (Å²) in [5.74, 6) is -0.545. The first-order chi connectivity index (χ1) is 17.0. The molecule has 1 heterocycles. The van der Waals surface area contributed by atoms with Crippen LogP contribution in [-0.2, 0) is 20.8 Å². The normalized spacial score (nSPS) is 11.3. The lowest BCUT2D eigenvalue weighted by Crippen LogP contribution is -2.22. The molecule has 0 aliphatic heterocycles. The van der Waals surface area contributed by atoms with Gasteiger partial charge in [0, 0.05) is 0 Å². The average Bonchev–Trinajstić information content (AvgIpc) is 3.20. The van der Waals surface area contributed by atoms with Crippen molar-refractivity contribution in [3.8, 4) is 11.5 Å². The molecule has 8 nitrogen and oxygen atoms in total. The summed E-state index contributed by atoms with van der Waals surface area (Å²) in [7, 11) is 1.29. The van der Waals surface area contributed by atoms with E-state index in [9.17, 15) is 14.4 Å². The first kappa shape index (κ1) is 23.9. The van der Waals surface area contributed by atoms with Crippen molar-refractivity contribution in [2.24, 2.45) is 4.99 Å². The molecule has 0 spiro atoms. The summed E-state index contributed by atoms with van der Waals surface area (Å²) < 4.78 is 18.0. The van der Waals surface area contributed by atoms with Crippen LogP contribution in [0.3, 0.4) is 0 Å². The van der Waals surface area contributed by atoms with Crippen molar-refractivity contribution in [3.63, 3.8) is 0 Å². The van der Waals surface area contributed by atoms with E-state index >= 15 is 0 Å². The molecule has 0 aliphatic rings. The minimum atomic E-state index is -0.535. The second kappa shape index (κ2) is 10.8. The molecule has 0 aliphatic carbocycles. The number of nitrogens with zero attached hydrogens (tertiary/aromatic N) is 2. The van der Waals surface area contributed by atoms with E-state index in [-0.39, 0.29) is 23.5 Å². The largest absolute Gasteiger partial charge is 0.468 e. The Hall–Kier alpha value is -4.24. The van der Waals surface area contributed by atoms with Crippen molar-refractivity contribution >= 4 is 39.4 Å². The Morgan fingerprint density at radius 1 is 0.971 bits per heavy atom. The summed E-state index contributed by atoms with van der Waals surface area (Å²) in [6.45, 7) is 1.83. The third kappa shape index (κ3) is 5.47. The topological polar surface area (TPSA) is 96.2 Å². The average molecular weight is 491 g/mol. The van der Waals surface area contributed by atoms with Crippen LogP contribution in [0.15, 0.2) is 77.8 Å². The lowest BCUT2D eigenvalue weighted by atomic mass is 10.2. The maximum Gasteiger partial charge on any atom is 0.338 e. The lowest BCUT2D eigenvalue weighted by Gasteiger charge is -2.08. The van der Waals surface area contributed by atoms with Gasteiger partial charge in [0.25, 0.3) is 5.91 Å². The zero-order chi connectivity index (χ0) is 24.8. The fourth-order valence-corrected chi connectivity index (χ4v) is 4.41. The second-order valence-electron chi connectivity index (χ2n) is 7.28. The summed E-state index contributed by atoms with van der Waals surface area (Å²) >= 11 is 1.18. The van der Waals surface area contributed by atoms with Crippen LogP contribution in [0.5, 0.6) is 11.5 Å². The molecule has 0 bridgehead atoms. The molecule has 0 N–H and O–H groups in total. The predicted molar refractivity (Wildman–Crippen MR) is 131 cm³/mol. The molecular weight excluding hydrogens is 468 g/mol. The number of esters is 2. The molecule has 3 aromatic carbocycles. The van der Waals surface area contributed by atoms with Crippen LogP contribution in [0.4, 0.5) is 0 Å². The highest BCUT2D eigenvalue weighted by Gasteiger charge is 2.17. The number of para-hydroxylation sites is 2. The molecule has 35 heavy (non-hydrogen) atoms. The van der Waals surface area contributed by atoms with E-state index in [1.165, 1.54) is 18.4 Å². The number of hydrogen-bond acceptors (Lipinski definition) is 7. The maximum absolute atomic E-state index is 13.2. The Balaban J connectivity index is 1.78. The van der Waals surface area contributed by atoms with Gasteiger partial charge < -0.3 is 18.8 Å². The number of thiazole rings is 1. The van der Waals surface area contributed by atoms with Crippen LogP contribution in [0.25, 0.3) is 10.2 Å². The molecule has 0 saturated carbocycles. The predicted octanol–water partition coefficient (Wildman–Crippen LogP) is 4.59. The van der Waals surface area contributed by atoms with Gasteiger partial charge in [0.2, 0.25) is 0 Å². The van der Waals surface area contributed by atoms with Crippen LogP contribution in [0.1, 0.15) is 27.6 Å². The fourth-order valence-electron chi connectivity index (χ4n) is 3.34. The number of aromatic nitrogens is 1. The van der Waals surface area contributed by atoms with Gasteiger partial charge in [-0.3, -0.25) is 9.59 Å². The zero-order valence-electron chi connectivity index (χ0n) is 19.1. The minimum absolute atomic E-state index is 0.149. The molecule has 1 aromatic heterocycles. The molecule has 0 unspecified atom stereocenters. The molecule has 178 valence electrons. The number of ether oxygens (including phenoxy) is 3. The van der Waals surface area contributed by atoms with Gasteiger partial charge in [0.1, 0.15) is 18.0 Å². The van der Waals surface area contributed by atoms with Crippen LogP contribution in [-0.4, -0.2) is 36.1 Å². The Labute approximate surface area is 205 Å². The Morgan fingerprint density at radius 2 is 1.71 bits per heavy atom. The summed E-state index contributed by atoms with van der Waals surface area (Å²) in [4.78, 5) is 42.1. The van der Waals surface area contributed by atoms with Crippen LogP contribution < -0.4 is 9.54 Å². The Kier molecular flexibility index (Phi) is 7.37. The van der Waals surface area contributed by atoms with E-state index < -0.39 is 17.8 Å². The first-order valence-corrected chi connectivity index (χ1v) is 11.6. The standard InChI is InChI=1S/C26H22N2O6S/c1-3-33-25(31)17-13-14-20-22(15-17)35-26(28(20)16-23(29)32-2)27-24(30)19-11-7-8-12-21(19)34-18-9-5-4-6-10-18/h4-15H,3,16H2,1-2H3. The first-order valence-electron chi connectivity index (χ1n) is 10.8. The second-order valence-corrected chi connectivity index (χ2v) is 8.29. The van der Waals surface area contributed by atoms with Crippen LogP contribution in [0, 0.1) is 0 Å². The van der Waals surface area contributed by atoms with Gasteiger partial charge in [-0.05, 0) is 49.4 Å². The smallest absolute Gasteiger partial charge is 0.338 e. The Morgan fingerprint density at radius 3 is 2.46 bits per heavy atom. The number of methoxy groups -OCH3 is 1. The van der Waals surface area contributed by atoms with Crippen molar-refractivity contribution in [3.05, 3.63) is 88.7 Å². The number of hydrogen-bond donors (Lipinski definition) is 0. The van der Waals surface area contributed by atoms with Crippen LogP contribution in [0.2, 0.25) is 0 Å². The van der Waals surface area contributed by atoms with E-state index in [0.717, 1.165) is 0 Å². The molecule has 0 radical (unpaired) electrons. The van der Waals surface area contributed by atoms with Crippen molar-refractivity contribution in [2.75, 3.05) is 13.7 Å². The third-order valence-corrected chi connectivity index (χ3v) is 6.04. The molecule has 0 atom stereocenters. The van der Waals surface area contributed by atoms with Gasteiger partial charge in [-0.2, -0.15) is 4.99 Å². The monoisotopic (exact) mass is 490 g/mol. The van der Waals surface area contributed by atoms with Gasteiger partial charge in [-0.25, -0.2) is 4.79 Å². The number of fused-ring (bicyclic) bond motifs is 1. The van der Waals surface area contributed by atoms with Gasteiger partial charge in [0.05, 0.1) is 35.1 Å². The summed E-state index contributed by atoms with van der Waals surface area (Å²) in [6.07, 6.45) is 0. The van der Waals surface area contributed by atoms with Crippen molar-refractivity contribution in [1.82, 2.24) is 4.57 Å². The molecular formula is C26H22N2O6S. The van der Waals surface area contributed by atoms with Gasteiger partial charge in [0.15, 0.2) is 4.80 Å². The fraction of sp³-hybridized carbons (Fsp3) is 0.154. The van der Waals surface area contributed by atoms with E-state index in [0.29, 0.717) is 27.3 Å². The molecule has 1 amide bonds. The number of rotatable bonds is 7. The number of carbonyl (C=O) groups is 3. The number of benzene rings is 3. The Bertz CT molecular complexity index is 1460. The van der Waals surface area contributed by atoms with Crippen molar-refractivity contribution in [1.29, 1.82) is 0 Å². The summed E-state index contributed by atoms with van der Waals surface area (Å²) in [6, 6.07) is 20.9. The molecule has 0 saturated heterocycles. The quantitative estimate of drug-likeness (QED) is 0.352. The van der Waals surface area contributed by atoms with Gasteiger partial charge in [-0.1, -0.05) is 41.7 Å². The molecule has 4 aromatic rings. The number of carbonyl (C=O) groups excluding carboxylic acids is 3. The molecule has 9 heteroatoms. The lowest BCUT2D eigenvalue weighted by molar-refractivity contribution is -0.141. The van der Waals surface area contributed by atoms with Gasteiger partial charge >= 0.3 is 11.9 Å². The van der Waals surface area contributed by atoms with Crippen molar-refractivity contribution < 1.29 is 28.6 Å². The van der Waals surface area contributed by atoms with E-state index in [1.54, 1.807) is 66.1 Å². The highest BCUT2D eigenvalue weighted by atomic mass is 32.1. The molecule has 0 fully saturated rings. The summed E-state index contributed by atoms with van der Waals surface area (Å²) in [5, 5.41) is 0.